The second kappa shape index (κ2) is 10.2. The number of pyridine rings is 2. The normalized spacial score (nSPS) is 24.5. The highest BCUT2D eigenvalue weighted by Crippen LogP contribution is 2.46. The summed E-state index contributed by atoms with van der Waals surface area (Å²) in [6, 6.07) is 8.35. The van der Waals surface area contributed by atoms with E-state index >= 15 is 0 Å². The van der Waals surface area contributed by atoms with E-state index in [1.54, 1.807) is 36.5 Å². The van der Waals surface area contributed by atoms with Gasteiger partial charge < -0.3 is 24.1 Å². The fourth-order valence-corrected chi connectivity index (χ4v) is 4.83. The van der Waals surface area contributed by atoms with E-state index in [1.807, 2.05) is 0 Å². The fourth-order valence-electron chi connectivity index (χ4n) is 3.71. The molecule has 1 N–H and O–H groups in total. The number of nitrogens with zero attached hydrogens (tertiary/aromatic N) is 2. The Kier molecular flexibility index (Phi) is 7.54. The lowest BCUT2D eigenvalue weighted by molar-refractivity contribution is -0.224. The van der Waals surface area contributed by atoms with Crippen molar-refractivity contribution in [1.29, 1.82) is 0 Å². The molecule has 2 aromatic heterocycles. The van der Waals surface area contributed by atoms with Gasteiger partial charge in [0.05, 0.1) is 24.1 Å². The number of esters is 3. The lowest BCUT2D eigenvalue weighted by Crippen LogP contribution is -2.62. The third-order valence-electron chi connectivity index (χ3n) is 4.88. The first-order valence-electron chi connectivity index (χ1n) is 9.99. The number of carbonyl (C=O) groups is 3. The van der Waals surface area contributed by atoms with Crippen LogP contribution in [-0.2, 0) is 34.2 Å². The second-order valence-corrected chi connectivity index (χ2v) is 8.36. The average Bonchev–Trinajstić information content (AvgIpc) is 2.77. The molecule has 1 aliphatic rings. The van der Waals surface area contributed by atoms with E-state index in [-0.39, 0.29) is 11.4 Å². The number of carbonyl (C=O) groups excluding carboxylic acids is 3. The van der Waals surface area contributed by atoms with Crippen LogP contribution in [-0.4, -0.2) is 63.5 Å². The summed E-state index contributed by atoms with van der Waals surface area (Å²) in [5.74, 6) is -1.72. The van der Waals surface area contributed by atoms with Gasteiger partial charge in [-0.2, -0.15) is 0 Å². The predicted octanol–water partition coefficient (Wildman–Crippen LogP) is 1.84. The summed E-state index contributed by atoms with van der Waals surface area (Å²) < 4.78 is 22.0. The summed E-state index contributed by atoms with van der Waals surface area (Å²) in [6.45, 7) is 3.54. The van der Waals surface area contributed by atoms with Crippen molar-refractivity contribution in [3.63, 3.8) is 0 Å². The molecule has 0 bridgehead atoms. The standard InChI is InChI=1S/C22H24N2O8S/c1-12(25)30-18-11-33-21(28)19(31-13(2)26)22(18,32-14(3)27)17-9-5-8-16(24-17)15-7-6-10-23-20(15)29-4/h5-10,18-19,21,28H,11H2,1-4H3/t18-,19+,21-,22+/m1/s1. The van der Waals surface area contributed by atoms with Gasteiger partial charge in [0.2, 0.25) is 11.5 Å². The molecule has 0 aliphatic carbocycles. The zero-order valence-electron chi connectivity index (χ0n) is 18.5. The van der Waals surface area contributed by atoms with Crippen LogP contribution in [0.3, 0.4) is 0 Å². The molecule has 0 spiro atoms. The molecule has 0 amide bonds. The van der Waals surface area contributed by atoms with Crippen molar-refractivity contribution in [3.05, 3.63) is 42.2 Å². The Morgan fingerprint density at radius 3 is 2.42 bits per heavy atom. The topological polar surface area (TPSA) is 134 Å². The molecule has 3 rings (SSSR count). The monoisotopic (exact) mass is 476 g/mol. The van der Waals surface area contributed by atoms with Gasteiger partial charge in [0.1, 0.15) is 5.44 Å². The summed E-state index contributed by atoms with van der Waals surface area (Å²) in [6.07, 6.45) is -0.940. The number of thioether (sulfide) groups is 1. The van der Waals surface area contributed by atoms with Crippen molar-refractivity contribution >= 4 is 29.7 Å². The lowest BCUT2D eigenvalue weighted by Gasteiger charge is -2.47. The van der Waals surface area contributed by atoms with E-state index in [9.17, 15) is 19.5 Å². The van der Waals surface area contributed by atoms with Crippen LogP contribution in [0.5, 0.6) is 5.88 Å². The second-order valence-electron chi connectivity index (χ2n) is 7.21. The molecule has 0 aromatic carbocycles. The van der Waals surface area contributed by atoms with Gasteiger partial charge >= 0.3 is 17.9 Å². The zero-order chi connectivity index (χ0) is 24.2. The first-order chi connectivity index (χ1) is 15.7. The summed E-state index contributed by atoms with van der Waals surface area (Å²) in [5, 5.41) is 10.7. The number of aliphatic hydroxyl groups is 1. The molecule has 1 fully saturated rings. The van der Waals surface area contributed by atoms with Crippen molar-refractivity contribution in [3.8, 4) is 17.1 Å². The SMILES string of the molecule is COc1ncccc1-c1cccc([C@]2(OC(C)=O)[C@H](OC(C)=O)CS[C@@H](O)[C@@H]2OC(C)=O)n1. The number of rotatable bonds is 6. The Morgan fingerprint density at radius 2 is 1.79 bits per heavy atom. The van der Waals surface area contributed by atoms with Gasteiger partial charge in [-0.05, 0) is 24.3 Å². The van der Waals surface area contributed by atoms with Crippen LogP contribution in [0.15, 0.2) is 36.5 Å². The van der Waals surface area contributed by atoms with Crippen molar-refractivity contribution in [2.75, 3.05) is 12.9 Å². The molecule has 2 aromatic rings. The molecule has 176 valence electrons. The largest absolute Gasteiger partial charge is 0.481 e. The quantitative estimate of drug-likeness (QED) is 0.483. The van der Waals surface area contributed by atoms with Crippen LogP contribution in [0.2, 0.25) is 0 Å². The fraction of sp³-hybridized carbons (Fsp3) is 0.409. The molecule has 1 aliphatic heterocycles. The molecule has 3 heterocycles. The molecule has 10 nitrogen and oxygen atoms in total. The molecular formula is C22H24N2O8S. The van der Waals surface area contributed by atoms with Crippen LogP contribution in [0.1, 0.15) is 26.5 Å². The van der Waals surface area contributed by atoms with Crippen molar-refractivity contribution in [2.45, 2.75) is 44.0 Å². The molecule has 0 unspecified atom stereocenters. The van der Waals surface area contributed by atoms with Crippen LogP contribution >= 0.6 is 11.8 Å². The highest BCUT2D eigenvalue weighted by Gasteiger charge is 2.61. The number of aromatic nitrogens is 2. The van der Waals surface area contributed by atoms with Crippen LogP contribution in [0.25, 0.3) is 11.3 Å². The predicted molar refractivity (Wildman–Crippen MR) is 117 cm³/mol. The minimum Gasteiger partial charge on any atom is -0.481 e. The van der Waals surface area contributed by atoms with E-state index in [4.69, 9.17) is 18.9 Å². The summed E-state index contributed by atoms with van der Waals surface area (Å²) in [7, 11) is 1.47. The smallest absolute Gasteiger partial charge is 0.303 e. The van der Waals surface area contributed by atoms with Gasteiger partial charge in [0.25, 0.3) is 0 Å². The first kappa shape index (κ1) is 24.5. The third-order valence-corrected chi connectivity index (χ3v) is 5.97. The number of methoxy groups -OCH3 is 1. The Bertz CT molecular complexity index is 1050. The number of hydrogen-bond donors (Lipinski definition) is 1. The maximum absolute atomic E-state index is 12.3. The van der Waals surface area contributed by atoms with E-state index in [2.05, 4.69) is 9.97 Å². The lowest BCUT2D eigenvalue weighted by atomic mass is 9.85. The Hall–Kier alpha value is -3.18. The van der Waals surface area contributed by atoms with E-state index in [0.29, 0.717) is 17.1 Å². The van der Waals surface area contributed by atoms with Gasteiger partial charge in [-0.15, -0.1) is 11.8 Å². The maximum atomic E-state index is 12.3. The van der Waals surface area contributed by atoms with Gasteiger partial charge in [0, 0.05) is 32.7 Å². The molecule has 0 saturated carbocycles. The Labute approximate surface area is 194 Å². The number of aliphatic hydroxyl groups excluding tert-OH is 1. The van der Waals surface area contributed by atoms with Crippen LogP contribution in [0, 0.1) is 0 Å². The minimum atomic E-state index is -1.90. The van der Waals surface area contributed by atoms with Gasteiger partial charge in [-0.3, -0.25) is 14.4 Å². The van der Waals surface area contributed by atoms with Crippen LogP contribution < -0.4 is 4.74 Å². The van der Waals surface area contributed by atoms with E-state index < -0.39 is 41.2 Å². The molecule has 11 heteroatoms. The molecular weight excluding hydrogens is 452 g/mol. The average molecular weight is 477 g/mol. The first-order valence-corrected chi connectivity index (χ1v) is 11.0. The third kappa shape index (κ3) is 5.09. The van der Waals surface area contributed by atoms with Crippen molar-refractivity contribution < 1.29 is 38.4 Å². The molecule has 33 heavy (non-hydrogen) atoms. The molecule has 4 atom stereocenters. The summed E-state index contributed by atoms with van der Waals surface area (Å²) in [4.78, 5) is 44.9. The number of ether oxygens (including phenoxy) is 4. The van der Waals surface area contributed by atoms with E-state index in [1.165, 1.54) is 21.0 Å². The Morgan fingerprint density at radius 1 is 1.06 bits per heavy atom. The van der Waals surface area contributed by atoms with Gasteiger partial charge in [-0.1, -0.05) is 6.07 Å². The summed E-state index contributed by atoms with van der Waals surface area (Å²) >= 11 is 1.00. The highest BCUT2D eigenvalue weighted by molar-refractivity contribution is 7.99. The maximum Gasteiger partial charge on any atom is 0.303 e. The molecule has 0 radical (unpaired) electrons. The van der Waals surface area contributed by atoms with Crippen molar-refractivity contribution in [1.82, 2.24) is 9.97 Å². The van der Waals surface area contributed by atoms with E-state index in [0.717, 1.165) is 18.7 Å². The van der Waals surface area contributed by atoms with Crippen molar-refractivity contribution in [2.24, 2.45) is 0 Å². The summed E-state index contributed by atoms with van der Waals surface area (Å²) in [5.41, 5.74) is -2.09. The molecule has 1 saturated heterocycles. The zero-order valence-corrected chi connectivity index (χ0v) is 19.3. The van der Waals surface area contributed by atoms with Crippen LogP contribution in [0.4, 0.5) is 0 Å². The minimum absolute atomic E-state index is 0.0634. The van der Waals surface area contributed by atoms with Gasteiger partial charge in [-0.25, -0.2) is 9.97 Å². The highest BCUT2D eigenvalue weighted by atomic mass is 32.2. The number of hydrogen-bond acceptors (Lipinski definition) is 11. The Balaban J connectivity index is 2.26. The van der Waals surface area contributed by atoms with Gasteiger partial charge in [0.15, 0.2) is 12.2 Å².